The van der Waals surface area contributed by atoms with Crippen molar-refractivity contribution in [2.45, 2.75) is 72.0 Å². The molecule has 0 saturated carbocycles. The molecule has 0 bridgehead atoms. The van der Waals surface area contributed by atoms with Crippen molar-refractivity contribution >= 4 is 23.4 Å². The highest BCUT2D eigenvalue weighted by atomic mass is 35.5. The second-order valence-corrected chi connectivity index (χ2v) is 10.5. The number of amides is 2. The molecule has 0 saturated heterocycles. The van der Waals surface area contributed by atoms with Gasteiger partial charge in [0.2, 0.25) is 5.91 Å². The Morgan fingerprint density at radius 3 is 2.16 bits per heavy atom. The smallest absolute Gasteiger partial charge is 0.261 e. The lowest BCUT2D eigenvalue weighted by Gasteiger charge is -2.31. The molecule has 2 aromatic rings. The second-order valence-electron chi connectivity index (χ2n) is 10.1. The first-order valence-electron chi connectivity index (χ1n) is 10.9. The van der Waals surface area contributed by atoms with Gasteiger partial charge in [-0.3, -0.25) is 9.59 Å². The fourth-order valence-corrected chi connectivity index (χ4v) is 3.40. The van der Waals surface area contributed by atoms with Crippen LogP contribution < -0.4 is 10.1 Å². The quantitative estimate of drug-likeness (QED) is 0.608. The Bertz CT molecular complexity index is 927. The fraction of sp³-hybridized carbons (Fsp3) is 0.462. The minimum Gasteiger partial charge on any atom is -0.483 e. The van der Waals surface area contributed by atoms with Crippen molar-refractivity contribution < 1.29 is 14.3 Å². The van der Waals surface area contributed by atoms with Crippen LogP contribution in [0.25, 0.3) is 0 Å². The lowest BCUT2D eigenvalue weighted by Crippen LogP contribution is -2.53. The molecule has 1 unspecified atom stereocenters. The van der Waals surface area contributed by atoms with Crippen LogP contribution in [0, 0.1) is 0 Å². The lowest BCUT2D eigenvalue weighted by atomic mass is 9.86. The molecular weight excluding hydrogens is 424 g/mol. The van der Waals surface area contributed by atoms with Crippen molar-refractivity contribution in [3.63, 3.8) is 0 Å². The number of rotatable bonds is 7. The van der Waals surface area contributed by atoms with Crippen molar-refractivity contribution in [1.82, 2.24) is 10.2 Å². The number of ether oxygens (including phenoxy) is 1. The Balaban J connectivity index is 2.23. The van der Waals surface area contributed by atoms with E-state index < -0.39 is 11.6 Å². The zero-order valence-electron chi connectivity index (χ0n) is 20.2. The number of carbonyl (C=O) groups is 2. The third-order valence-corrected chi connectivity index (χ3v) is 5.23. The molecule has 0 aliphatic heterocycles. The van der Waals surface area contributed by atoms with E-state index in [0.29, 0.717) is 10.8 Å². The molecule has 6 heteroatoms. The summed E-state index contributed by atoms with van der Waals surface area (Å²) in [6.45, 7) is 13.9. The predicted molar refractivity (Wildman–Crippen MR) is 130 cm³/mol. The van der Waals surface area contributed by atoms with Crippen LogP contribution >= 0.6 is 11.6 Å². The molecule has 0 aliphatic carbocycles. The number of benzene rings is 2. The van der Waals surface area contributed by atoms with Crippen LogP contribution in [0.4, 0.5) is 0 Å². The molecule has 5 nitrogen and oxygen atoms in total. The van der Waals surface area contributed by atoms with E-state index in [-0.39, 0.29) is 30.4 Å². The van der Waals surface area contributed by atoms with Gasteiger partial charge in [-0.25, -0.2) is 0 Å². The largest absolute Gasteiger partial charge is 0.483 e. The summed E-state index contributed by atoms with van der Waals surface area (Å²) in [4.78, 5) is 27.6. The van der Waals surface area contributed by atoms with Gasteiger partial charge in [0.1, 0.15) is 11.8 Å². The molecule has 0 spiro atoms. The summed E-state index contributed by atoms with van der Waals surface area (Å²) >= 11 is 6.00. The number of halogens is 1. The second kappa shape index (κ2) is 10.4. The minimum atomic E-state index is -0.668. The zero-order chi connectivity index (χ0) is 24.1. The van der Waals surface area contributed by atoms with Crippen LogP contribution in [-0.4, -0.2) is 34.9 Å². The summed E-state index contributed by atoms with van der Waals surface area (Å²) in [5.41, 5.74) is 1.38. The Kier molecular flexibility index (Phi) is 8.35. The summed E-state index contributed by atoms with van der Waals surface area (Å²) in [7, 11) is 0. The molecule has 0 fully saturated rings. The molecule has 32 heavy (non-hydrogen) atoms. The molecule has 0 radical (unpaired) electrons. The third kappa shape index (κ3) is 7.56. The fourth-order valence-electron chi connectivity index (χ4n) is 3.28. The molecule has 1 atom stereocenters. The van der Waals surface area contributed by atoms with Crippen molar-refractivity contribution in [1.29, 1.82) is 0 Å². The summed E-state index contributed by atoms with van der Waals surface area (Å²) in [5.74, 6) is 0.196. The number of para-hydroxylation sites is 1. The molecule has 2 amide bonds. The van der Waals surface area contributed by atoms with E-state index in [1.807, 2.05) is 57.2 Å². The Morgan fingerprint density at radius 2 is 1.59 bits per heavy atom. The van der Waals surface area contributed by atoms with Gasteiger partial charge in [0, 0.05) is 17.1 Å². The maximum Gasteiger partial charge on any atom is 0.261 e. The average molecular weight is 459 g/mol. The highest BCUT2D eigenvalue weighted by molar-refractivity contribution is 6.30. The van der Waals surface area contributed by atoms with Crippen LogP contribution in [-0.2, 0) is 21.5 Å². The maximum atomic E-state index is 13.3. The van der Waals surface area contributed by atoms with E-state index in [2.05, 4.69) is 26.1 Å². The zero-order valence-corrected chi connectivity index (χ0v) is 20.9. The number of hydrogen-bond acceptors (Lipinski definition) is 3. The molecule has 0 heterocycles. The monoisotopic (exact) mass is 458 g/mol. The van der Waals surface area contributed by atoms with Gasteiger partial charge in [-0.1, -0.05) is 62.7 Å². The first kappa shape index (κ1) is 25.7. The van der Waals surface area contributed by atoms with E-state index in [0.717, 1.165) is 11.1 Å². The maximum absolute atomic E-state index is 13.3. The van der Waals surface area contributed by atoms with Crippen LogP contribution in [0.5, 0.6) is 5.75 Å². The van der Waals surface area contributed by atoms with Gasteiger partial charge in [0.25, 0.3) is 5.91 Å². The van der Waals surface area contributed by atoms with Crippen LogP contribution in [0.15, 0.2) is 48.5 Å². The lowest BCUT2D eigenvalue weighted by molar-refractivity contribution is -0.142. The van der Waals surface area contributed by atoms with E-state index >= 15 is 0 Å². The van der Waals surface area contributed by atoms with Gasteiger partial charge in [-0.15, -0.1) is 0 Å². The number of nitrogens with zero attached hydrogens (tertiary/aromatic N) is 1. The summed E-state index contributed by atoms with van der Waals surface area (Å²) in [6, 6.07) is 14.3. The average Bonchev–Trinajstić information content (AvgIpc) is 2.69. The normalized spacial score (nSPS) is 12.8. The predicted octanol–water partition coefficient (Wildman–Crippen LogP) is 5.35. The highest BCUT2D eigenvalue weighted by Gasteiger charge is 2.29. The molecule has 0 aliphatic rings. The van der Waals surface area contributed by atoms with Crippen molar-refractivity contribution in [3.05, 3.63) is 64.7 Å². The van der Waals surface area contributed by atoms with Crippen LogP contribution in [0.1, 0.15) is 59.6 Å². The first-order valence-corrected chi connectivity index (χ1v) is 11.2. The van der Waals surface area contributed by atoms with Gasteiger partial charge < -0.3 is 15.0 Å². The van der Waals surface area contributed by atoms with Gasteiger partial charge in [0.05, 0.1) is 0 Å². The molecule has 2 aromatic carbocycles. The van der Waals surface area contributed by atoms with E-state index in [9.17, 15) is 9.59 Å². The summed E-state index contributed by atoms with van der Waals surface area (Å²) in [6.07, 6.45) is 0. The van der Waals surface area contributed by atoms with Crippen molar-refractivity contribution in [2.24, 2.45) is 0 Å². The van der Waals surface area contributed by atoms with Crippen molar-refractivity contribution in [2.75, 3.05) is 6.61 Å². The minimum absolute atomic E-state index is 0.122. The molecular formula is C26H35ClN2O3. The third-order valence-electron chi connectivity index (χ3n) is 4.98. The first-order chi connectivity index (χ1) is 14.8. The Morgan fingerprint density at radius 1 is 1.00 bits per heavy atom. The highest BCUT2D eigenvalue weighted by Crippen LogP contribution is 2.31. The number of hydrogen-bond donors (Lipinski definition) is 1. The van der Waals surface area contributed by atoms with Crippen LogP contribution in [0.3, 0.4) is 0 Å². The summed E-state index contributed by atoms with van der Waals surface area (Å²) in [5, 5.41) is 3.58. The number of nitrogens with one attached hydrogen (secondary N) is 1. The Labute approximate surface area is 197 Å². The molecule has 174 valence electrons. The van der Waals surface area contributed by atoms with Gasteiger partial charge in [0.15, 0.2) is 6.61 Å². The van der Waals surface area contributed by atoms with E-state index in [4.69, 9.17) is 16.3 Å². The van der Waals surface area contributed by atoms with Gasteiger partial charge in [-0.05, 0) is 62.4 Å². The standard InChI is InChI=1S/C26H35ClN2O3/c1-18(24(31)28-26(5,6)7)29(16-19-12-14-20(27)15-13-19)23(30)17-32-22-11-9-8-10-21(22)25(2,3)4/h8-15,18H,16-17H2,1-7H3,(H,28,31). The molecule has 0 aromatic heterocycles. The van der Waals surface area contributed by atoms with Gasteiger partial charge >= 0.3 is 0 Å². The van der Waals surface area contributed by atoms with Crippen LogP contribution in [0.2, 0.25) is 5.02 Å². The molecule has 1 N–H and O–H groups in total. The summed E-state index contributed by atoms with van der Waals surface area (Å²) < 4.78 is 5.95. The SMILES string of the molecule is CC(C(=O)NC(C)(C)C)N(Cc1ccc(Cl)cc1)C(=O)COc1ccccc1C(C)(C)C. The topological polar surface area (TPSA) is 58.6 Å². The van der Waals surface area contributed by atoms with E-state index in [1.165, 1.54) is 0 Å². The van der Waals surface area contributed by atoms with Gasteiger partial charge in [-0.2, -0.15) is 0 Å². The Hall–Kier alpha value is -2.53. The van der Waals surface area contributed by atoms with E-state index in [1.54, 1.807) is 24.0 Å². The number of carbonyl (C=O) groups excluding carboxylic acids is 2. The van der Waals surface area contributed by atoms with Crippen molar-refractivity contribution in [3.8, 4) is 5.75 Å². The molecule has 2 rings (SSSR count).